The standard InChI is InChI=1S/C14H15N3O2/c1-10-8-11(9-18)4-5-13(10)17-7-6-12(15-17)14(19)16(2)3/h4-9H,1-3H3. The number of benzene rings is 1. The van der Waals surface area contributed by atoms with Gasteiger partial charge in [0.1, 0.15) is 6.29 Å². The number of rotatable bonds is 3. The molecule has 0 saturated heterocycles. The van der Waals surface area contributed by atoms with Crippen molar-refractivity contribution in [3.63, 3.8) is 0 Å². The number of hydrogen-bond donors (Lipinski definition) is 0. The monoisotopic (exact) mass is 257 g/mol. The van der Waals surface area contributed by atoms with Crippen LogP contribution in [0.15, 0.2) is 30.5 Å². The largest absolute Gasteiger partial charge is 0.343 e. The fourth-order valence-electron chi connectivity index (χ4n) is 1.81. The first-order valence-corrected chi connectivity index (χ1v) is 5.86. The molecule has 0 aliphatic carbocycles. The van der Waals surface area contributed by atoms with E-state index in [4.69, 9.17) is 0 Å². The van der Waals surface area contributed by atoms with Crippen LogP contribution in [0.25, 0.3) is 5.69 Å². The number of nitrogens with zero attached hydrogens (tertiary/aromatic N) is 3. The molecule has 0 saturated carbocycles. The fourth-order valence-corrected chi connectivity index (χ4v) is 1.81. The molecule has 0 fully saturated rings. The number of aryl methyl sites for hydroxylation is 1. The lowest BCUT2D eigenvalue weighted by atomic mass is 10.1. The molecular weight excluding hydrogens is 242 g/mol. The Morgan fingerprint density at radius 3 is 2.63 bits per heavy atom. The summed E-state index contributed by atoms with van der Waals surface area (Å²) in [6, 6.07) is 7.01. The summed E-state index contributed by atoms with van der Waals surface area (Å²) in [5.41, 5.74) is 2.79. The molecule has 0 radical (unpaired) electrons. The smallest absolute Gasteiger partial charge is 0.273 e. The molecule has 0 spiro atoms. The van der Waals surface area contributed by atoms with Gasteiger partial charge in [0.25, 0.3) is 5.91 Å². The maximum absolute atomic E-state index is 11.8. The average molecular weight is 257 g/mol. The lowest BCUT2D eigenvalue weighted by Gasteiger charge is -2.08. The topological polar surface area (TPSA) is 55.2 Å². The second kappa shape index (κ2) is 5.06. The lowest BCUT2D eigenvalue weighted by molar-refractivity contribution is 0.0821. The normalized spacial score (nSPS) is 10.3. The van der Waals surface area contributed by atoms with Gasteiger partial charge in [0.05, 0.1) is 5.69 Å². The van der Waals surface area contributed by atoms with Crippen molar-refractivity contribution in [2.45, 2.75) is 6.92 Å². The molecule has 0 aliphatic heterocycles. The summed E-state index contributed by atoms with van der Waals surface area (Å²) in [5, 5.41) is 4.26. The van der Waals surface area contributed by atoms with Crippen LogP contribution in [0.2, 0.25) is 0 Å². The van der Waals surface area contributed by atoms with Crippen LogP contribution in [0.3, 0.4) is 0 Å². The van der Waals surface area contributed by atoms with Crippen molar-refractivity contribution in [2.24, 2.45) is 0 Å². The predicted molar refractivity (Wildman–Crippen MR) is 71.7 cm³/mol. The van der Waals surface area contributed by atoms with Gasteiger partial charge in [0.15, 0.2) is 5.69 Å². The Bertz CT molecular complexity index is 629. The molecule has 1 aromatic heterocycles. The minimum atomic E-state index is -0.138. The van der Waals surface area contributed by atoms with E-state index in [-0.39, 0.29) is 5.91 Å². The Balaban J connectivity index is 2.38. The maximum Gasteiger partial charge on any atom is 0.273 e. The molecule has 0 bridgehead atoms. The van der Waals surface area contributed by atoms with Crippen molar-refractivity contribution < 1.29 is 9.59 Å². The fraction of sp³-hybridized carbons (Fsp3) is 0.214. The third-order valence-electron chi connectivity index (χ3n) is 2.82. The highest BCUT2D eigenvalue weighted by molar-refractivity contribution is 5.91. The van der Waals surface area contributed by atoms with Crippen LogP contribution in [0.5, 0.6) is 0 Å². The van der Waals surface area contributed by atoms with E-state index in [1.54, 1.807) is 43.2 Å². The lowest BCUT2D eigenvalue weighted by Crippen LogP contribution is -2.22. The summed E-state index contributed by atoms with van der Waals surface area (Å²) in [6.45, 7) is 1.90. The summed E-state index contributed by atoms with van der Waals surface area (Å²) in [7, 11) is 3.37. The number of aromatic nitrogens is 2. The van der Waals surface area contributed by atoms with Gasteiger partial charge in [-0.25, -0.2) is 4.68 Å². The molecule has 2 rings (SSSR count). The molecule has 0 aliphatic rings. The minimum absolute atomic E-state index is 0.138. The Morgan fingerprint density at radius 1 is 1.32 bits per heavy atom. The molecule has 1 heterocycles. The van der Waals surface area contributed by atoms with Gasteiger partial charge in [-0.15, -0.1) is 0 Å². The van der Waals surface area contributed by atoms with Gasteiger partial charge in [0, 0.05) is 25.9 Å². The van der Waals surface area contributed by atoms with Crippen LogP contribution >= 0.6 is 0 Å². The van der Waals surface area contributed by atoms with E-state index in [0.717, 1.165) is 17.5 Å². The van der Waals surface area contributed by atoms with E-state index in [9.17, 15) is 9.59 Å². The van der Waals surface area contributed by atoms with Gasteiger partial charge in [-0.05, 0) is 36.8 Å². The van der Waals surface area contributed by atoms with Crippen LogP contribution in [-0.4, -0.2) is 41.0 Å². The zero-order valence-corrected chi connectivity index (χ0v) is 11.1. The van der Waals surface area contributed by atoms with E-state index >= 15 is 0 Å². The van der Waals surface area contributed by atoms with Crippen molar-refractivity contribution in [3.8, 4) is 5.69 Å². The van der Waals surface area contributed by atoms with Gasteiger partial charge in [-0.3, -0.25) is 9.59 Å². The van der Waals surface area contributed by atoms with Crippen molar-refractivity contribution in [2.75, 3.05) is 14.1 Å². The van der Waals surface area contributed by atoms with Gasteiger partial charge >= 0.3 is 0 Å². The third-order valence-corrected chi connectivity index (χ3v) is 2.82. The average Bonchev–Trinajstić information content (AvgIpc) is 2.86. The molecule has 2 aromatic rings. The predicted octanol–water partition coefficient (Wildman–Crippen LogP) is 1.70. The van der Waals surface area contributed by atoms with Gasteiger partial charge < -0.3 is 4.90 Å². The Kier molecular flexibility index (Phi) is 3.46. The molecule has 19 heavy (non-hydrogen) atoms. The first kappa shape index (κ1) is 13.0. The molecule has 1 aromatic carbocycles. The number of amides is 1. The first-order chi connectivity index (χ1) is 9.02. The second-order valence-corrected chi connectivity index (χ2v) is 4.51. The minimum Gasteiger partial charge on any atom is -0.343 e. The quantitative estimate of drug-likeness (QED) is 0.786. The molecular formula is C14H15N3O2. The zero-order chi connectivity index (χ0) is 14.0. The molecule has 0 N–H and O–H groups in total. The zero-order valence-electron chi connectivity index (χ0n) is 11.1. The van der Waals surface area contributed by atoms with E-state index < -0.39 is 0 Å². The van der Waals surface area contributed by atoms with Crippen molar-refractivity contribution in [1.29, 1.82) is 0 Å². The van der Waals surface area contributed by atoms with E-state index in [1.807, 2.05) is 13.0 Å². The molecule has 1 amide bonds. The molecule has 0 atom stereocenters. The van der Waals surface area contributed by atoms with Crippen LogP contribution in [0.4, 0.5) is 0 Å². The van der Waals surface area contributed by atoms with E-state index in [0.29, 0.717) is 11.3 Å². The summed E-state index contributed by atoms with van der Waals surface area (Å²) < 4.78 is 1.64. The third kappa shape index (κ3) is 2.54. The van der Waals surface area contributed by atoms with Crippen molar-refractivity contribution >= 4 is 12.2 Å². The Labute approximate surface area is 111 Å². The summed E-state index contributed by atoms with van der Waals surface area (Å²) >= 11 is 0. The van der Waals surface area contributed by atoms with Crippen LogP contribution < -0.4 is 0 Å². The van der Waals surface area contributed by atoms with Crippen molar-refractivity contribution in [3.05, 3.63) is 47.3 Å². The number of hydrogen-bond acceptors (Lipinski definition) is 3. The van der Waals surface area contributed by atoms with Crippen molar-refractivity contribution in [1.82, 2.24) is 14.7 Å². The Morgan fingerprint density at radius 2 is 2.05 bits per heavy atom. The van der Waals surface area contributed by atoms with Gasteiger partial charge in [0.2, 0.25) is 0 Å². The molecule has 5 nitrogen and oxygen atoms in total. The SMILES string of the molecule is Cc1cc(C=O)ccc1-n1ccc(C(=O)N(C)C)n1. The van der Waals surface area contributed by atoms with Crippen LogP contribution in [0.1, 0.15) is 26.4 Å². The maximum atomic E-state index is 11.8. The van der Waals surface area contributed by atoms with E-state index in [1.165, 1.54) is 4.90 Å². The number of carbonyl (C=O) groups excluding carboxylic acids is 2. The first-order valence-electron chi connectivity index (χ1n) is 5.86. The summed E-state index contributed by atoms with van der Waals surface area (Å²) in [4.78, 5) is 24.0. The van der Waals surface area contributed by atoms with E-state index in [2.05, 4.69) is 5.10 Å². The molecule has 98 valence electrons. The highest BCUT2D eigenvalue weighted by Gasteiger charge is 2.12. The van der Waals surface area contributed by atoms with Crippen LogP contribution in [0, 0.1) is 6.92 Å². The highest BCUT2D eigenvalue weighted by Crippen LogP contribution is 2.15. The van der Waals surface area contributed by atoms with Gasteiger partial charge in [-0.1, -0.05) is 0 Å². The second-order valence-electron chi connectivity index (χ2n) is 4.51. The molecule has 5 heteroatoms. The number of carbonyl (C=O) groups is 2. The Hall–Kier alpha value is -2.43. The summed E-state index contributed by atoms with van der Waals surface area (Å²) in [6.07, 6.45) is 2.54. The highest BCUT2D eigenvalue weighted by atomic mass is 16.2. The van der Waals surface area contributed by atoms with Crippen LogP contribution in [-0.2, 0) is 0 Å². The van der Waals surface area contributed by atoms with Gasteiger partial charge in [-0.2, -0.15) is 5.10 Å². The number of aldehydes is 1. The summed E-state index contributed by atoms with van der Waals surface area (Å²) in [5.74, 6) is -0.138. The molecule has 0 unspecified atom stereocenters.